The van der Waals surface area contributed by atoms with E-state index in [-0.39, 0.29) is 5.69 Å². The number of urea groups is 1. The molecule has 2 aromatic carbocycles. The van der Waals surface area contributed by atoms with Crippen molar-refractivity contribution >= 4 is 29.3 Å². The Labute approximate surface area is 162 Å². The third kappa shape index (κ3) is 5.80. The van der Waals surface area contributed by atoms with Crippen molar-refractivity contribution in [2.75, 3.05) is 29.9 Å². The molecule has 0 aliphatic rings. The number of amides is 3. The molecular formula is C20H22FN3O4. The molecule has 8 heteroatoms. The molecule has 2 N–H and O–H groups in total. The summed E-state index contributed by atoms with van der Waals surface area (Å²) in [4.78, 5) is 37.6. The van der Waals surface area contributed by atoms with E-state index in [1.165, 1.54) is 24.3 Å². The average molecular weight is 387 g/mol. The molecule has 0 heterocycles. The van der Waals surface area contributed by atoms with Crippen molar-refractivity contribution in [1.29, 1.82) is 0 Å². The largest absolute Gasteiger partial charge is 0.452 e. The molecular weight excluding hydrogens is 365 g/mol. The predicted octanol–water partition coefficient (Wildman–Crippen LogP) is 3.18. The first-order valence-corrected chi connectivity index (χ1v) is 8.82. The summed E-state index contributed by atoms with van der Waals surface area (Å²) in [7, 11) is 0. The number of halogens is 1. The first-order chi connectivity index (χ1) is 13.4. The summed E-state index contributed by atoms with van der Waals surface area (Å²) in [6, 6.07) is 11.4. The van der Waals surface area contributed by atoms with E-state index in [4.69, 9.17) is 4.74 Å². The standard InChI is InChI=1S/C20H22FN3O4/c1-3-24(4-2)15-11-9-14(10-12-15)19(26)28-13-18(25)23-20(27)22-17-8-6-5-7-16(17)21/h5-12H,3-4,13H2,1-2H3,(H2,22,23,25,27). The minimum absolute atomic E-state index is 0.0712. The Bertz CT molecular complexity index is 836. The fourth-order valence-electron chi connectivity index (χ4n) is 2.49. The van der Waals surface area contributed by atoms with Crippen molar-refractivity contribution in [3.63, 3.8) is 0 Å². The van der Waals surface area contributed by atoms with Crippen LogP contribution >= 0.6 is 0 Å². The molecule has 0 aromatic heterocycles. The van der Waals surface area contributed by atoms with Gasteiger partial charge in [-0.1, -0.05) is 12.1 Å². The van der Waals surface area contributed by atoms with Crippen LogP contribution in [-0.4, -0.2) is 37.6 Å². The number of ether oxygens (including phenoxy) is 1. The van der Waals surface area contributed by atoms with Gasteiger partial charge in [0, 0.05) is 18.8 Å². The summed E-state index contributed by atoms with van der Waals surface area (Å²) >= 11 is 0. The number of hydrogen-bond donors (Lipinski definition) is 2. The van der Waals surface area contributed by atoms with Gasteiger partial charge in [0.05, 0.1) is 11.3 Å². The summed E-state index contributed by atoms with van der Waals surface area (Å²) in [6.45, 7) is 5.12. The van der Waals surface area contributed by atoms with Gasteiger partial charge in [0.2, 0.25) is 0 Å². The molecule has 0 saturated carbocycles. The van der Waals surface area contributed by atoms with Gasteiger partial charge in [0.1, 0.15) is 5.82 Å². The van der Waals surface area contributed by atoms with Crippen LogP contribution in [0.15, 0.2) is 48.5 Å². The molecule has 0 aliphatic carbocycles. The van der Waals surface area contributed by atoms with Gasteiger partial charge in [0.15, 0.2) is 6.61 Å². The Morgan fingerprint density at radius 2 is 1.64 bits per heavy atom. The first-order valence-electron chi connectivity index (χ1n) is 8.82. The molecule has 0 saturated heterocycles. The van der Waals surface area contributed by atoms with E-state index < -0.39 is 30.3 Å². The highest BCUT2D eigenvalue weighted by molar-refractivity contribution is 6.02. The topological polar surface area (TPSA) is 87.7 Å². The monoisotopic (exact) mass is 387 g/mol. The fourth-order valence-corrected chi connectivity index (χ4v) is 2.49. The average Bonchev–Trinajstić information content (AvgIpc) is 2.69. The van der Waals surface area contributed by atoms with Gasteiger partial charge in [-0.15, -0.1) is 0 Å². The van der Waals surface area contributed by atoms with Gasteiger partial charge in [-0.05, 0) is 50.2 Å². The third-order valence-corrected chi connectivity index (χ3v) is 3.94. The smallest absolute Gasteiger partial charge is 0.338 e. The summed E-state index contributed by atoms with van der Waals surface area (Å²) < 4.78 is 18.4. The molecule has 28 heavy (non-hydrogen) atoms. The number of nitrogens with zero attached hydrogens (tertiary/aromatic N) is 1. The second kappa shape index (κ2) is 10.1. The number of nitrogens with one attached hydrogen (secondary N) is 2. The Kier molecular flexibility index (Phi) is 7.50. The zero-order valence-corrected chi connectivity index (χ0v) is 15.7. The van der Waals surface area contributed by atoms with E-state index >= 15 is 0 Å². The highest BCUT2D eigenvalue weighted by atomic mass is 19.1. The highest BCUT2D eigenvalue weighted by Crippen LogP contribution is 2.15. The molecule has 3 amide bonds. The van der Waals surface area contributed by atoms with E-state index in [0.29, 0.717) is 5.56 Å². The number of carbonyl (C=O) groups excluding carboxylic acids is 3. The number of carbonyl (C=O) groups is 3. The SMILES string of the molecule is CCN(CC)c1ccc(C(=O)OCC(=O)NC(=O)Nc2ccccc2F)cc1. The maximum atomic E-state index is 13.5. The molecule has 0 spiro atoms. The molecule has 0 bridgehead atoms. The van der Waals surface area contributed by atoms with Crippen molar-refractivity contribution in [2.24, 2.45) is 0 Å². The fraction of sp³-hybridized carbons (Fsp3) is 0.250. The molecule has 7 nitrogen and oxygen atoms in total. The second-order valence-corrected chi connectivity index (χ2v) is 5.78. The number of hydrogen-bond acceptors (Lipinski definition) is 5. The zero-order chi connectivity index (χ0) is 20.5. The van der Waals surface area contributed by atoms with E-state index in [0.717, 1.165) is 18.8 Å². The van der Waals surface area contributed by atoms with Gasteiger partial charge in [-0.3, -0.25) is 10.1 Å². The molecule has 148 valence electrons. The van der Waals surface area contributed by atoms with Crippen LogP contribution in [0.5, 0.6) is 0 Å². The van der Waals surface area contributed by atoms with Crippen molar-refractivity contribution in [2.45, 2.75) is 13.8 Å². The molecule has 2 rings (SSSR count). The van der Waals surface area contributed by atoms with Crippen LogP contribution < -0.4 is 15.5 Å². The van der Waals surface area contributed by atoms with Gasteiger partial charge in [0.25, 0.3) is 5.91 Å². The van der Waals surface area contributed by atoms with Crippen LogP contribution in [0, 0.1) is 5.82 Å². The second-order valence-electron chi connectivity index (χ2n) is 5.78. The maximum absolute atomic E-state index is 13.5. The Morgan fingerprint density at radius 1 is 1.00 bits per heavy atom. The van der Waals surface area contributed by atoms with Crippen LogP contribution in [0.3, 0.4) is 0 Å². The summed E-state index contributed by atoms with van der Waals surface area (Å²) in [5.74, 6) is -2.15. The van der Waals surface area contributed by atoms with Crippen molar-refractivity contribution < 1.29 is 23.5 Å². The van der Waals surface area contributed by atoms with Crippen LogP contribution in [0.2, 0.25) is 0 Å². The quantitative estimate of drug-likeness (QED) is 0.713. The van der Waals surface area contributed by atoms with Crippen LogP contribution in [0.25, 0.3) is 0 Å². The van der Waals surface area contributed by atoms with Crippen molar-refractivity contribution in [1.82, 2.24) is 5.32 Å². The minimum atomic E-state index is -0.922. The lowest BCUT2D eigenvalue weighted by Gasteiger charge is -2.20. The van der Waals surface area contributed by atoms with Gasteiger partial charge >= 0.3 is 12.0 Å². The van der Waals surface area contributed by atoms with E-state index in [2.05, 4.69) is 10.2 Å². The van der Waals surface area contributed by atoms with Crippen molar-refractivity contribution in [3.8, 4) is 0 Å². The number of anilines is 2. The lowest BCUT2D eigenvalue weighted by atomic mass is 10.2. The lowest BCUT2D eigenvalue weighted by Crippen LogP contribution is -2.37. The third-order valence-electron chi connectivity index (χ3n) is 3.94. The summed E-state index contributed by atoms with van der Waals surface area (Å²) in [5.41, 5.74) is 1.20. The number of benzene rings is 2. The zero-order valence-electron chi connectivity index (χ0n) is 15.7. The lowest BCUT2D eigenvalue weighted by molar-refractivity contribution is -0.123. The molecule has 0 fully saturated rings. The molecule has 0 aliphatic heterocycles. The molecule has 2 aromatic rings. The Balaban J connectivity index is 1.82. The van der Waals surface area contributed by atoms with Gasteiger partial charge < -0.3 is 15.0 Å². The van der Waals surface area contributed by atoms with E-state index in [1.807, 2.05) is 19.2 Å². The van der Waals surface area contributed by atoms with Crippen LogP contribution in [0.4, 0.5) is 20.6 Å². The van der Waals surface area contributed by atoms with Crippen LogP contribution in [-0.2, 0) is 9.53 Å². The van der Waals surface area contributed by atoms with Gasteiger partial charge in [-0.25, -0.2) is 14.0 Å². The van der Waals surface area contributed by atoms with Crippen LogP contribution in [0.1, 0.15) is 24.2 Å². The Morgan fingerprint density at radius 3 is 2.25 bits per heavy atom. The number of rotatable bonds is 7. The number of imide groups is 1. The number of para-hydroxylation sites is 1. The minimum Gasteiger partial charge on any atom is -0.452 e. The van der Waals surface area contributed by atoms with E-state index in [1.54, 1.807) is 24.3 Å². The van der Waals surface area contributed by atoms with E-state index in [9.17, 15) is 18.8 Å². The predicted molar refractivity (Wildman–Crippen MR) is 104 cm³/mol. The molecule has 0 atom stereocenters. The maximum Gasteiger partial charge on any atom is 0.338 e. The molecule has 0 unspecified atom stereocenters. The molecule has 0 radical (unpaired) electrons. The van der Waals surface area contributed by atoms with Crippen molar-refractivity contribution in [3.05, 3.63) is 59.9 Å². The summed E-state index contributed by atoms with van der Waals surface area (Å²) in [5, 5.41) is 4.16. The number of esters is 1. The van der Waals surface area contributed by atoms with Gasteiger partial charge in [-0.2, -0.15) is 0 Å². The first kappa shape index (κ1) is 20.9. The highest BCUT2D eigenvalue weighted by Gasteiger charge is 2.14. The normalized spacial score (nSPS) is 10.1. The summed E-state index contributed by atoms with van der Waals surface area (Å²) in [6.07, 6.45) is 0. The Hall–Kier alpha value is -3.42.